The molecule has 1 amide bonds. The van der Waals surface area contributed by atoms with Gasteiger partial charge < -0.3 is 15.1 Å². The summed E-state index contributed by atoms with van der Waals surface area (Å²) in [5.74, 6) is 1.63. The van der Waals surface area contributed by atoms with Crippen LogP contribution in [0.1, 0.15) is 59.8 Å². The summed E-state index contributed by atoms with van der Waals surface area (Å²) in [7, 11) is 0. The van der Waals surface area contributed by atoms with Crippen molar-refractivity contribution in [2.24, 2.45) is 0 Å². The van der Waals surface area contributed by atoms with Crippen LogP contribution >= 0.6 is 24.8 Å². The van der Waals surface area contributed by atoms with Gasteiger partial charge in [0.1, 0.15) is 11.5 Å². The van der Waals surface area contributed by atoms with Crippen LogP contribution in [0.15, 0.2) is 22.7 Å². The maximum Gasteiger partial charge on any atom is 0.273 e. The Balaban J connectivity index is 0.00000150. The summed E-state index contributed by atoms with van der Waals surface area (Å²) in [5.41, 5.74) is 0.379. The van der Waals surface area contributed by atoms with E-state index < -0.39 is 0 Å². The van der Waals surface area contributed by atoms with Crippen molar-refractivity contribution >= 4 is 30.7 Å². The van der Waals surface area contributed by atoms with Crippen molar-refractivity contribution in [1.29, 1.82) is 0 Å². The smallest absolute Gasteiger partial charge is 0.273 e. The number of carbonyl (C=O) groups excluding carboxylic acids is 1. The molecule has 4 heterocycles. The number of hydrogen-bond donors (Lipinski definition) is 2. The van der Waals surface area contributed by atoms with E-state index in [9.17, 15) is 4.79 Å². The second-order valence-corrected chi connectivity index (χ2v) is 7.48. The van der Waals surface area contributed by atoms with E-state index in [0.29, 0.717) is 18.3 Å². The second kappa shape index (κ2) is 11.0. The topological polar surface area (TPSA) is 88.2 Å². The van der Waals surface area contributed by atoms with Gasteiger partial charge in [-0.15, -0.1) is 29.9 Å². The number of rotatable bonds is 6. The third kappa shape index (κ3) is 5.72. The number of carbonyl (C=O) groups is 1. The van der Waals surface area contributed by atoms with E-state index in [4.69, 9.17) is 4.42 Å². The minimum Gasteiger partial charge on any atom is -0.465 e. The normalized spacial score (nSPS) is 18.7. The lowest BCUT2D eigenvalue weighted by atomic mass is 10.1. The van der Waals surface area contributed by atoms with E-state index >= 15 is 0 Å². The van der Waals surface area contributed by atoms with E-state index in [1.165, 1.54) is 12.8 Å². The van der Waals surface area contributed by atoms with Crippen molar-refractivity contribution in [3.05, 3.63) is 35.5 Å². The van der Waals surface area contributed by atoms with Gasteiger partial charge in [0, 0.05) is 6.54 Å². The molecular weight excluding hydrogens is 415 g/mol. The van der Waals surface area contributed by atoms with Gasteiger partial charge in [0.05, 0.1) is 18.3 Å². The largest absolute Gasteiger partial charge is 0.465 e. The zero-order chi connectivity index (χ0) is 18.6. The molecule has 2 aliphatic heterocycles. The van der Waals surface area contributed by atoms with Crippen LogP contribution in [-0.4, -0.2) is 58.5 Å². The average molecular weight is 445 g/mol. The number of halogens is 2. The molecule has 10 heteroatoms. The zero-order valence-corrected chi connectivity index (χ0v) is 18.3. The van der Waals surface area contributed by atoms with Crippen LogP contribution in [0, 0.1) is 6.92 Å². The fourth-order valence-corrected chi connectivity index (χ4v) is 4.01. The first-order valence-corrected chi connectivity index (χ1v) is 9.92. The first-order valence-electron chi connectivity index (χ1n) is 9.92. The molecule has 2 aliphatic rings. The molecular formula is C19H30Cl2N6O2. The Bertz CT molecular complexity index is 768. The molecule has 0 aliphatic carbocycles. The molecule has 8 nitrogen and oxygen atoms in total. The summed E-state index contributed by atoms with van der Waals surface area (Å²) in [5, 5.41) is 14.6. The zero-order valence-electron chi connectivity index (χ0n) is 16.7. The molecule has 1 atom stereocenters. The van der Waals surface area contributed by atoms with E-state index in [1.54, 1.807) is 6.20 Å². The molecule has 2 fully saturated rings. The predicted molar refractivity (Wildman–Crippen MR) is 115 cm³/mol. The molecule has 0 bridgehead atoms. The number of furan rings is 1. The summed E-state index contributed by atoms with van der Waals surface area (Å²) in [4.78, 5) is 15.0. The summed E-state index contributed by atoms with van der Waals surface area (Å²) in [6, 6.07) is 4.37. The van der Waals surface area contributed by atoms with E-state index in [1.807, 2.05) is 23.7 Å². The summed E-state index contributed by atoms with van der Waals surface area (Å²) < 4.78 is 7.69. The summed E-state index contributed by atoms with van der Waals surface area (Å²) in [6.45, 7) is 6.48. The number of aryl methyl sites for hydroxylation is 1. The predicted octanol–water partition coefficient (Wildman–Crippen LogP) is 2.51. The number of hydrogen-bond acceptors (Lipinski definition) is 6. The van der Waals surface area contributed by atoms with Crippen molar-refractivity contribution in [2.75, 3.05) is 32.7 Å². The Morgan fingerprint density at radius 3 is 2.66 bits per heavy atom. The Kier molecular flexibility index (Phi) is 8.95. The number of nitrogens with one attached hydrogen (secondary N) is 2. The third-order valence-electron chi connectivity index (χ3n) is 5.55. The van der Waals surface area contributed by atoms with Crippen LogP contribution in [0.2, 0.25) is 0 Å². The van der Waals surface area contributed by atoms with Crippen LogP contribution in [0.25, 0.3) is 0 Å². The van der Waals surface area contributed by atoms with Gasteiger partial charge >= 0.3 is 0 Å². The highest BCUT2D eigenvalue weighted by Gasteiger charge is 2.27. The second-order valence-electron chi connectivity index (χ2n) is 7.48. The van der Waals surface area contributed by atoms with Gasteiger partial charge in [0.15, 0.2) is 5.69 Å². The van der Waals surface area contributed by atoms with Crippen LogP contribution in [-0.2, 0) is 0 Å². The molecule has 4 rings (SSSR count). The van der Waals surface area contributed by atoms with Gasteiger partial charge in [0.2, 0.25) is 0 Å². The average Bonchev–Trinajstić information content (AvgIpc) is 3.45. The van der Waals surface area contributed by atoms with Crippen molar-refractivity contribution in [3.8, 4) is 0 Å². The molecule has 2 aromatic heterocycles. The standard InChI is InChI=1S/C19H28N6O2.2ClH/c1-14-4-5-18(27-14)17(24-10-2-3-11-24)12-21-19(26)16-13-25(23-22-16)15-6-8-20-9-7-15;;/h4-5,13,15,17,20H,2-3,6-12H2,1H3,(H,21,26);2*1H. The molecule has 0 spiro atoms. The highest BCUT2D eigenvalue weighted by molar-refractivity contribution is 5.91. The highest BCUT2D eigenvalue weighted by Crippen LogP contribution is 2.26. The Morgan fingerprint density at radius 1 is 1.28 bits per heavy atom. The number of amides is 1. The first-order chi connectivity index (χ1) is 13.2. The molecule has 2 saturated heterocycles. The molecule has 0 radical (unpaired) electrons. The van der Waals surface area contributed by atoms with Gasteiger partial charge in [-0.3, -0.25) is 9.69 Å². The van der Waals surface area contributed by atoms with Crippen molar-refractivity contribution in [3.63, 3.8) is 0 Å². The van der Waals surface area contributed by atoms with E-state index in [2.05, 4.69) is 25.8 Å². The van der Waals surface area contributed by atoms with Crippen molar-refractivity contribution < 1.29 is 9.21 Å². The fourth-order valence-electron chi connectivity index (χ4n) is 4.01. The number of likely N-dealkylation sites (tertiary alicyclic amines) is 1. The van der Waals surface area contributed by atoms with Crippen LogP contribution in [0.3, 0.4) is 0 Å². The molecule has 0 aromatic carbocycles. The van der Waals surface area contributed by atoms with Gasteiger partial charge in [-0.05, 0) is 70.9 Å². The van der Waals surface area contributed by atoms with Crippen molar-refractivity contribution in [2.45, 2.75) is 44.7 Å². The lowest BCUT2D eigenvalue weighted by Crippen LogP contribution is -2.36. The molecule has 0 saturated carbocycles. The third-order valence-corrected chi connectivity index (χ3v) is 5.55. The number of nitrogens with zero attached hydrogens (tertiary/aromatic N) is 4. The lowest BCUT2D eigenvalue weighted by Gasteiger charge is -2.25. The van der Waals surface area contributed by atoms with Crippen LogP contribution in [0.5, 0.6) is 0 Å². The highest BCUT2D eigenvalue weighted by atomic mass is 35.5. The molecule has 2 aromatic rings. The Hall–Kier alpha value is -1.61. The molecule has 29 heavy (non-hydrogen) atoms. The van der Waals surface area contributed by atoms with Crippen LogP contribution < -0.4 is 10.6 Å². The van der Waals surface area contributed by atoms with Gasteiger partial charge in [-0.1, -0.05) is 5.21 Å². The van der Waals surface area contributed by atoms with Crippen LogP contribution in [0.4, 0.5) is 0 Å². The molecule has 2 N–H and O–H groups in total. The van der Waals surface area contributed by atoms with Gasteiger partial charge in [-0.2, -0.15) is 0 Å². The Morgan fingerprint density at radius 2 is 2.00 bits per heavy atom. The maximum atomic E-state index is 12.6. The fraction of sp³-hybridized carbons (Fsp3) is 0.632. The first kappa shape index (κ1) is 23.7. The van der Waals surface area contributed by atoms with Gasteiger partial charge in [-0.25, -0.2) is 4.68 Å². The lowest BCUT2D eigenvalue weighted by molar-refractivity contribution is 0.0928. The number of aromatic nitrogens is 3. The Labute approximate surface area is 183 Å². The summed E-state index contributed by atoms with van der Waals surface area (Å²) in [6.07, 6.45) is 6.18. The quantitative estimate of drug-likeness (QED) is 0.711. The molecule has 1 unspecified atom stereocenters. The maximum absolute atomic E-state index is 12.6. The minimum absolute atomic E-state index is 0. The van der Waals surface area contributed by atoms with Gasteiger partial charge in [0.25, 0.3) is 5.91 Å². The van der Waals surface area contributed by atoms with E-state index in [0.717, 1.165) is 50.5 Å². The van der Waals surface area contributed by atoms with E-state index in [-0.39, 0.29) is 36.8 Å². The minimum atomic E-state index is -0.178. The monoisotopic (exact) mass is 444 g/mol. The van der Waals surface area contributed by atoms with Crippen molar-refractivity contribution in [1.82, 2.24) is 30.5 Å². The SMILES string of the molecule is Cc1ccc(C(CNC(=O)c2cn(C3CCNCC3)nn2)N2CCCC2)o1.Cl.Cl. The summed E-state index contributed by atoms with van der Waals surface area (Å²) >= 11 is 0. The number of piperidine rings is 1. The molecule has 162 valence electrons.